The molecule has 1 aliphatic rings. The summed E-state index contributed by atoms with van der Waals surface area (Å²) in [5, 5.41) is -0.240. The van der Waals surface area contributed by atoms with Crippen molar-refractivity contribution >= 4 is 21.1 Å². The van der Waals surface area contributed by atoms with Gasteiger partial charge in [-0.05, 0) is 18.8 Å². The van der Waals surface area contributed by atoms with E-state index in [0.717, 1.165) is 19.1 Å². The zero-order valence-electron chi connectivity index (χ0n) is 14.9. The van der Waals surface area contributed by atoms with Gasteiger partial charge in [0.25, 0.3) is 0 Å². The Balaban J connectivity index is 1.70. The number of aromatic amines is 1. The highest BCUT2D eigenvalue weighted by molar-refractivity contribution is 7.90. The molecule has 1 aliphatic carbocycles. The Morgan fingerprint density at radius 3 is 2.48 bits per heavy atom. The predicted molar refractivity (Wildman–Crippen MR) is 98.9 cm³/mol. The van der Waals surface area contributed by atoms with Gasteiger partial charge in [0.1, 0.15) is 0 Å². The molecule has 1 saturated carbocycles. The van der Waals surface area contributed by atoms with Gasteiger partial charge >= 0.3 is 5.69 Å². The van der Waals surface area contributed by atoms with Gasteiger partial charge in [-0.15, -0.1) is 0 Å². The van der Waals surface area contributed by atoms with Crippen molar-refractivity contribution < 1.29 is 8.42 Å². The van der Waals surface area contributed by atoms with E-state index >= 15 is 0 Å². The molecular formula is C17H20N6O3S. The first-order valence-electron chi connectivity index (χ1n) is 8.90. The summed E-state index contributed by atoms with van der Waals surface area (Å²) in [6.45, 7) is 0.625. The lowest BCUT2D eigenvalue weighted by Gasteiger charge is -2.21. The summed E-state index contributed by atoms with van der Waals surface area (Å²) in [5.74, 6) is 0.471. The van der Waals surface area contributed by atoms with E-state index in [0.29, 0.717) is 35.0 Å². The molecule has 0 aromatic carbocycles. The molecule has 0 saturated heterocycles. The molecule has 1 fully saturated rings. The van der Waals surface area contributed by atoms with Crippen molar-refractivity contribution in [3.63, 3.8) is 0 Å². The van der Waals surface area contributed by atoms with Gasteiger partial charge in [-0.2, -0.15) is 0 Å². The minimum atomic E-state index is -3.46. The summed E-state index contributed by atoms with van der Waals surface area (Å²) in [7, 11) is -3.46. The summed E-state index contributed by atoms with van der Waals surface area (Å²) in [4.78, 5) is 31.7. The van der Waals surface area contributed by atoms with Crippen molar-refractivity contribution in [2.24, 2.45) is 5.92 Å². The number of H-pyrrole nitrogens is 1. The summed E-state index contributed by atoms with van der Waals surface area (Å²) in [6.07, 6.45) is 11.3. The number of nitrogens with one attached hydrogen (secondary N) is 1. The minimum absolute atomic E-state index is 0.212. The smallest absolute Gasteiger partial charge is 0.289 e. The molecule has 0 radical (unpaired) electrons. The molecule has 3 aromatic rings. The minimum Gasteiger partial charge on any atom is -0.289 e. The second kappa shape index (κ2) is 6.84. The largest absolute Gasteiger partial charge is 0.328 e. The molecule has 0 spiro atoms. The topological polar surface area (TPSA) is 123 Å². The summed E-state index contributed by atoms with van der Waals surface area (Å²) in [5.41, 5.74) is 1.74. The van der Waals surface area contributed by atoms with Gasteiger partial charge in [-0.1, -0.05) is 19.3 Å². The Kier molecular flexibility index (Phi) is 4.50. The van der Waals surface area contributed by atoms with Crippen LogP contribution in [0.25, 0.3) is 22.6 Å². The van der Waals surface area contributed by atoms with Crippen molar-refractivity contribution in [3.8, 4) is 11.3 Å². The second-order valence-electron chi connectivity index (χ2n) is 7.00. The fourth-order valence-electron chi connectivity index (χ4n) is 3.50. The van der Waals surface area contributed by atoms with Crippen LogP contribution in [0.15, 0.2) is 28.5 Å². The fourth-order valence-corrected chi connectivity index (χ4v) is 3.99. The monoisotopic (exact) mass is 388 g/mol. The molecule has 3 heterocycles. The standard InChI is InChI=1S/C17H20N6O3S/c1-27(25,26)16-19-7-12(8-20-16)13-9-18-14-15(21-13)23(17(24)22-14)10-11-5-3-2-4-6-11/h7-9,11H,2-6,10H2,1H3,(H,18,22,24). The summed E-state index contributed by atoms with van der Waals surface area (Å²) >= 11 is 0. The fraction of sp³-hybridized carbons (Fsp3) is 0.471. The first kappa shape index (κ1) is 17.8. The Morgan fingerprint density at radius 1 is 1.11 bits per heavy atom. The van der Waals surface area contributed by atoms with Crippen molar-refractivity contribution in [2.45, 2.75) is 43.8 Å². The lowest BCUT2D eigenvalue weighted by molar-refractivity contribution is 0.319. The number of imidazole rings is 1. The van der Waals surface area contributed by atoms with Crippen molar-refractivity contribution in [1.82, 2.24) is 29.5 Å². The van der Waals surface area contributed by atoms with Crippen LogP contribution in [0.5, 0.6) is 0 Å². The van der Waals surface area contributed by atoms with Crippen LogP contribution >= 0.6 is 0 Å². The van der Waals surface area contributed by atoms with Crippen LogP contribution in [0.4, 0.5) is 0 Å². The van der Waals surface area contributed by atoms with Crippen LogP contribution < -0.4 is 5.69 Å². The number of aromatic nitrogens is 6. The molecule has 10 heteroatoms. The Hall–Kier alpha value is -2.62. The van der Waals surface area contributed by atoms with Crippen LogP contribution in [0.1, 0.15) is 32.1 Å². The highest BCUT2D eigenvalue weighted by Gasteiger charge is 2.19. The van der Waals surface area contributed by atoms with Crippen LogP contribution in [0.2, 0.25) is 0 Å². The SMILES string of the molecule is CS(=O)(=O)c1ncc(-c2cnc3[nH]c(=O)n(CC4CCCCC4)c3n2)cn1. The van der Waals surface area contributed by atoms with Gasteiger partial charge < -0.3 is 0 Å². The maximum atomic E-state index is 12.4. The van der Waals surface area contributed by atoms with Gasteiger partial charge in [-0.3, -0.25) is 9.55 Å². The maximum Gasteiger partial charge on any atom is 0.328 e. The number of rotatable bonds is 4. The summed E-state index contributed by atoms with van der Waals surface area (Å²) < 4.78 is 24.6. The van der Waals surface area contributed by atoms with Gasteiger partial charge in [-0.25, -0.2) is 33.1 Å². The lowest BCUT2D eigenvalue weighted by atomic mass is 9.89. The maximum absolute atomic E-state index is 12.4. The van der Waals surface area contributed by atoms with Crippen molar-refractivity contribution in [1.29, 1.82) is 0 Å². The van der Waals surface area contributed by atoms with Gasteiger partial charge in [0, 0.05) is 30.8 Å². The molecule has 27 heavy (non-hydrogen) atoms. The predicted octanol–water partition coefficient (Wildman–Crippen LogP) is 1.56. The quantitative estimate of drug-likeness (QED) is 0.673. The van der Waals surface area contributed by atoms with E-state index in [1.807, 2.05) is 0 Å². The van der Waals surface area contributed by atoms with Crippen LogP contribution in [0.3, 0.4) is 0 Å². The van der Waals surface area contributed by atoms with Gasteiger partial charge in [0.2, 0.25) is 15.0 Å². The number of hydrogen-bond donors (Lipinski definition) is 1. The third-order valence-electron chi connectivity index (χ3n) is 4.90. The molecule has 9 nitrogen and oxygen atoms in total. The molecule has 0 aliphatic heterocycles. The van der Waals surface area contributed by atoms with Crippen LogP contribution in [-0.2, 0) is 16.4 Å². The Labute approximate surface area is 155 Å². The average Bonchev–Trinajstić information content (AvgIpc) is 2.97. The van der Waals surface area contributed by atoms with Crippen LogP contribution in [0, 0.1) is 5.92 Å². The highest BCUT2D eigenvalue weighted by Crippen LogP contribution is 2.25. The molecule has 142 valence electrons. The van der Waals surface area contributed by atoms with E-state index < -0.39 is 9.84 Å². The first-order chi connectivity index (χ1) is 12.9. The van der Waals surface area contributed by atoms with E-state index in [4.69, 9.17) is 0 Å². The molecule has 0 amide bonds. The molecule has 4 rings (SSSR count). The van der Waals surface area contributed by atoms with Crippen LogP contribution in [-0.4, -0.2) is 44.2 Å². The van der Waals surface area contributed by atoms with Gasteiger partial charge in [0.05, 0.1) is 11.9 Å². The third-order valence-corrected chi connectivity index (χ3v) is 5.78. The van der Waals surface area contributed by atoms with E-state index in [-0.39, 0.29) is 10.8 Å². The number of nitrogens with zero attached hydrogens (tertiary/aromatic N) is 5. The molecule has 1 N–H and O–H groups in total. The Morgan fingerprint density at radius 2 is 1.81 bits per heavy atom. The number of sulfone groups is 1. The van der Waals surface area contributed by atoms with E-state index in [1.54, 1.807) is 4.57 Å². The van der Waals surface area contributed by atoms with E-state index in [2.05, 4.69) is 24.9 Å². The summed E-state index contributed by atoms with van der Waals surface area (Å²) in [6, 6.07) is 0. The molecular weight excluding hydrogens is 368 g/mol. The molecule has 0 bridgehead atoms. The van der Waals surface area contributed by atoms with Gasteiger partial charge in [0.15, 0.2) is 11.3 Å². The first-order valence-corrected chi connectivity index (χ1v) is 10.8. The van der Waals surface area contributed by atoms with E-state index in [1.165, 1.54) is 37.9 Å². The zero-order valence-corrected chi connectivity index (χ0v) is 15.7. The highest BCUT2D eigenvalue weighted by atomic mass is 32.2. The number of fused-ring (bicyclic) bond motifs is 1. The molecule has 3 aromatic heterocycles. The second-order valence-corrected chi connectivity index (χ2v) is 8.91. The zero-order chi connectivity index (χ0) is 19.0. The molecule has 0 atom stereocenters. The lowest BCUT2D eigenvalue weighted by Crippen LogP contribution is -2.23. The van der Waals surface area contributed by atoms with Crippen molar-refractivity contribution in [3.05, 3.63) is 29.1 Å². The third kappa shape index (κ3) is 3.61. The van der Waals surface area contributed by atoms with Crippen molar-refractivity contribution in [2.75, 3.05) is 6.26 Å². The molecule has 0 unspecified atom stereocenters. The van der Waals surface area contributed by atoms with E-state index in [9.17, 15) is 13.2 Å². The Bertz CT molecular complexity index is 1130. The normalized spacial score (nSPS) is 16.0. The number of hydrogen-bond acceptors (Lipinski definition) is 7. The average molecular weight is 388 g/mol.